The molecule has 1 aromatic rings. The fourth-order valence-corrected chi connectivity index (χ4v) is 1.55. The average Bonchev–Trinajstić information content (AvgIpc) is 1.85. The molecule has 0 spiro atoms. The Labute approximate surface area is 73.8 Å². The van der Waals surface area contributed by atoms with Crippen LogP contribution in [0.3, 0.4) is 0 Å². The fourth-order valence-electron chi connectivity index (χ4n) is 1.05. The van der Waals surface area contributed by atoms with Gasteiger partial charge in [-0.1, -0.05) is 6.92 Å². The second-order valence-electron chi connectivity index (χ2n) is 2.38. The Morgan fingerprint density at radius 2 is 2.27 bits per heavy atom. The van der Waals surface area contributed by atoms with Gasteiger partial charge in [0.1, 0.15) is 4.60 Å². The van der Waals surface area contributed by atoms with Crippen molar-refractivity contribution in [3.8, 4) is 0 Å². The van der Waals surface area contributed by atoms with Gasteiger partial charge in [-0.15, -0.1) is 0 Å². The summed E-state index contributed by atoms with van der Waals surface area (Å²) in [7, 11) is 0. The summed E-state index contributed by atoms with van der Waals surface area (Å²) in [5.41, 5.74) is 1.65. The Hall–Kier alpha value is -0.440. The van der Waals surface area contributed by atoms with E-state index < -0.39 is 0 Å². The van der Waals surface area contributed by atoms with Gasteiger partial charge < -0.3 is 0 Å². The minimum atomic E-state index is -0.362. The molecule has 0 N–H and O–H groups in total. The van der Waals surface area contributed by atoms with Crippen molar-refractivity contribution in [2.45, 2.75) is 20.3 Å². The maximum Gasteiger partial charge on any atom is 0.217 e. The van der Waals surface area contributed by atoms with E-state index in [4.69, 9.17) is 0 Å². The van der Waals surface area contributed by atoms with Crippen LogP contribution in [-0.4, -0.2) is 4.98 Å². The van der Waals surface area contributed by atoms with Crippen LogP contribution in [-0.2, 0) is 6.42 Å². The summed E-state index contributed by atoms with van der Waals surface area (Å²) in [6, 6.07) is 1.82. The van der Waals surface area contributed by atoms with Gasteiger partial charge >= 0.3 is 0 Å². The maximum absolute atomic E-state index is 13.0. The Morgan fingerprint density at radius 1 is 1.64 bits per heavy atom. The van der Waals surface area contributed by atoms with E-state index in [0.29, 0.717) is 16.6 Å². The summed E-state index contributed by atoms with van der Waals surface area (Å²) in [4.78, 5) is 3.66. The zero-order chi connectivity index (χ0) is 8.43. The molecule has 0 bridgehead atoms. The quantitative estimate of drug-likeness (QED) is 0.660. The summed E-state index contributed by atoms with van der Waals surface area (Å²) in [5.74, 6) is -0.362. The number of aromatic nitrogens is 1. The van der Waals surface area contributed by atoms with Crippen LogP contribution < -0.4 is 0 Å². The lowest BCUT2D eigenvalue weighted by atomic mass is 10.1. The zero-order valence-corrected chi connectivity index (χ0v) is 8.07. The first-order valence-electron chi connectivity index (χ1n) is 3.46. The number of hydrogen-bond acceptors (Lipinski definition) is 1. The van der Waals surface area contributed by atoms with Crippen LogP contribution in [0.15, 0.2) is 10.7 Å². The number of nitrogens with zero attached hydrogens (tertiary/aromatic N) is 1. The fraction of sp³-hybridized carbons (Fsp3) is 0.375. The van der Waals surface area contributed by atoms with Crippen LogP contribution in [0.2, 0.25) is 0 Å². The van der Waals surface area contributed by atoms with Crippen molar-refractivity contribution >= 4 is 15.9 Å². The van der Waals surface area contributed by atoms with Gasteiger partial charge in [0, 0.05) is 5.56 Å². The molecule has 0 radical (unpaired) electrons. The van der Waals surface area contributed by atoms with Crippen molar-refractivity contribution in [3.63, 3.8) is 0 Å². The molecule has 3 heteroatoms. The molecule has 0 amide bonds. The third kappa shape index (κ3) is 1.77. The smallest absolute Gasteiger partial charge is 0.212 e. The van der Waals surface area contributed by atoms with E-state index in [1.165, 1.54) is 0 Å². The molecule has 0 saturated heterocycles. The van der Waals surface area contributed by atoms with Crippen molar-refractivity contribution < 1.29 is 4.39 Å². The maximum atomic E-state index is 13.0. The van der Waals surface area contributed by atoms with Crippen molar-refractivity contribution in [2.24, 2.45) is 0 Å². The van der Waals surface area contributed by atoms with E-state index in [0.717, 1.165) is 5.56 Å². The number of aryl methyl sites for hydroxylation is 1. The summed E-state index contributed by atoms with van der Waals surface area (Å²) < 4.78 is 13.5. The lowest BCUT2D eigenvalue weighted by Gasteiger charge is -2.03. The Balaban J connectivity index is 3.25. The summed E-state index contributed by atoms with van der Waals surface area (Å²) in [5, 5.41) is 0. The molecule has 0 atom stereocenters. The molecule has 1 heterocycles. The first-order chi connectivity index (χ1) is 5.15. The SMILES string of the molecule is CCc1c(C)cc(Br)nc1F. The van der Waals surface area contributed by atoms with E-state index >= 15 is 0 Å². The molecule has 1 nitrogen and oxygen atoms in total. The van der Waals surface area contributed by atoms with Crippen molar-refractivity contribution in [2.75, 3.05) is 0 Å². The second kappa shape index (κ2) is 3.30. The topological polar surface area (TPSA) is 12.9 Å². The molecular weight excluding hydrogens is 209 g/mol. The lowest BCUT2D eigenvalue weighted by Crippen LogP contribution is -1.96. The highest BCUT2D eigenvalue weighted by Crippen LogP contribution is 2.16. The first kappa shape index (κ1) is 8.65. The van der Waals surface area contributed by atoms with Gasteiger partial charge in [0.15, 0.2) is 0 Å². The molecular formula is C8H9BrFN. The minimum absolute atomic E-state index is 0.362. The summed E-state index contributed by atoms with van der Waals surface area (Å²) in [6.45, 7) is 3.80. The Bertz CT molecular complexity index is 250. The summed E-state index contributed by atoms with van der Waals surface area (Å²) >= 11 is 3.13. The largest absolute Gasteiger partial charge is 0.217 e. The van der Waals surface area contributed by atoms with Crippen LogP contribution in [0.1, 0.15) is 18.1 Å². The highest BCUT2D eigenvalue weighted by Gasteiger charge is 2.05. The van der Waals surface area contributed by atoms with Crippen molar-refractivity contribution in [1.29, 1.82) is 0 Å². The molecule has 60 valence electrons. The van der Waals surface area contributed by atoms with Crippen LogP contribution in [0.5, 0.6) is 0 Å². The van der Waals surface area contributed by atoms with Gasteiger partial charge in [0.25, 0.3) is 0 Å². The number of hydrogen-bond donors (Lipinski definition) is 0. The van der Waals surface area contributed by atoms with Crippen molar-refractivity contribution in [1.82, 2.24) is 4.98 Å². The molecule has 0 unspecified atom stereocenters. The first-order valence-corrected chi connectivity index (χ1v) is 4.26. The van der Waals surface area contributed by atoms with Crippen LogP contribution >= 0.6 is 15.9 Å². The van der Waals surface area contributed by atoms with E-state index in [9.17, 15) is 4.39 Å². The lowest BCUT2D eigenvalue weighted by molar-refractivity contribution is 0.563. The monoisotopic (exact) mass is 217 g/mol. The van der Waals surface area contributed by atoms with Gasteiger partial charge in [-0.3, -0.25) is 0 Å². The molecule has 1 rings (SSSR count). The summed E-state index contributed by atoms with van der Waals surface area (Å²) in [6.07, 6.45) is 0.692. The molecule has 0 aliphatic carbocycles. The van der Waals surface area contributed by atoms with E-state index in [2.05, 4.69) is 20.9 Å². The predicted octanol–water partition coefficient (Wildman–Crippen LogP) is 2.85. The third-order valence-corrected chi connectivity index (χ3v) is 2.03. The normalized spacial score (nSPS) is 10.2. The standard InChI is InChI=1S/C8H9BrFN/c1-3-6-5(2)4-7(9)11-8(6)10/h4H,3H2,1-2H3. The van der Waals surface area contributed by atoms with Crippen LogP contribution in [0.25, 0.3) is 0 Å². The third-order valence-electron chi connectivity index (χ3n) is 1.62. The number of pyridine rings is 1. The van der Waals surface area contributed by atoms with E-state index in [1.54, 1.807) is 0 Å². The Kier molecular flexibility index (Phi) is 2.60. The molecule has 11 heavy (non-hydrogen) atoms. The number of halogens is 2. The second-order valence-corrected chi connectivity index (χ2v) is 3.20. The molecule has 0 fully saturated rings. The van der Waals surface area contributed by atoms with Gasteiger partial charge in [-0.25, -0.2) is 4.98 Å². The van der Waals surface area contributed by atoms with Gasteiger partial charge in [-0.05, 0) is 40.9 Å². The highest BCUT2D eigenvalue weighted by molar-refractivity contribution is 9.10. The zero-order valence-electron chi connectivity index (χ0n) is 6.49. The average molecular weight is 218 g/mol. The van der Waals surface area contributed by atoms with Crippen molar-refractivity contribution in [3.05, 3.63) is 27.7 Å². The molecule has 0 aromatic carbocycles. The predicted molar refractivity (Wildman–Crippen MR) is 46.0 cm³/mol. The van der Waals surface area contributed by atoms with E-state index in [1.807, 2.05) is 19.9 Å². The van der Waals surface area contributed by atoms with Gasteiger partial charge in [0.2, 0.25) is 5.95 Å². The number of rotatable bonds is 1. The van der Waals surface area contributed by atoms with E-state index in [-0.39, 0.29) is 5.95 Å². The Morgan fingerprint density at radius 3 is 2.73 bits per heavy atom. The molecule has 0 aliphatic heterocycles. The highest BCUT2D eigenvalue weighted by atomic mass is 79.9. The minimum Gasteiger partial charge on any atom is -0.212 e. The van der Waals surface area contributed by atoms with Gasteiger partial charge in [-0.2, -0.15) is 4.39 Å². The van der Waals surface area contributed by atoms with Crippen LogP contribution in [0, 0.1) is 12.9 Å². The molecule has 1 aromatic heterocycles. The van der Waals surface area contributed by atoms with Crippen LogP contribution in [0.4, 0.5) is 4.39 Å². The molecule has 0 aliphatic rings. The van der Waals surface area contributed by atoms with Gasteiger partial charge in [0.05, 0.1) is 0 Å². The molecule has 0 saturated carbocycles.